The summed E-state index contributed by atoms with van der Waals surface area (Å²) in [4.78, 5) is 57.7. The fourth-order valence-electron chi connectivity index (χ4n) is 4.76. The van der Waals surface area contributed by atoms with E-state index >= 15 is 0 Å². The number of fused-ring (bicyclic) bond motifs is 1. The summed E-state index contributed by atoms with van der Waals surface area (Å²) in [5.74, 6) is -2.37. The van der Waals surface area contributed by atoms with Crippen LogP contribution in [0.2, 0.25) is 0 Å². The third kappa shape index (κ3) is 6.56. The molecule has 1 fully saturated rings. The molecule has 1 aliphatic rings. The molecular formula is C27H30F3N5O7. The predicted octanol–water partition coefficient (Wildman–Crippen LogP) is 1.67. The number of halogens is 3. The van der Waals surface area contributed by atoms with E-state index in [1.807, 2.05) is 0 Å². The lowest BCUT2D eigenvalue weighted by atomic mass is 10.0. The average molecular weight is 594 g/mol. The zero-order chi connectivity index (χ0) is 30.6. The Morgan fingerprint density at radius 1 is 1.12 bits per heavy atom. The lowest BCUT2D eigenvalue weighted by Gasteiger charge is -2.32. The van der Waals surface area contributed by atoms with E-state index in [9.17, 15) is 32.3 Å². The van der Waals surface area contributed by atoms with Gasteiger partial charge in [0.05, 0.1) is 13.2 Å². The summed E-state index contributed by atoms with van der Waals surface area (Å²) < 4.78 is 52.4. The molecular weight excluding hydrogens is 563 g/mol. The van der Waals surface area contributed by atoms with Crippen LogP contribution in [0, 0.1) is 0 Å². The van der Waals surface area contributed by atoms with Gasteiger partial charge in [0.2, 0.25) is 5.91 Å². The monoisotopic (exact) mass is 593 g/mol. The molecule has 0 atom stereocenters. The number of ether oxygens (including phenoxy) is 2. The number of Topliss-reactive ketones (excluding diaryl/α,β-unsaturated/α-hetero) is 1. The number of piperidine rings is 1. The lowest BCUT2D eigenvalue weighted by Crippen LogP contribution is -2.47. The van der Waals surface area contributed by atoms with Crippen LogP contribution in [-0.2, 0) is 18.4 Å². The van der Waals surface area contributed by atoms with Gasteiger partial charge in [0.1, 0.15) is 12.0 Å². The van der Waals surface area contributed by atoms with E-state index in [0.29, 0.717) is 18.4 Å². The topological polar surface area (TPSA) is 145 Å². The number of ketones is 1. The van der Waals surface area contributed by atoms with Crippen LogP contribution in [0.1, 0.15) is 40.6 Å². The van der Waals surface area contributed by atoms with Crippen LogP contribution in [0.4, 0.5) is 13.2 Å². The smallest absolute Gasteiger partial charge is 0.422 e. The molecule has 3 heterocycles. The molecule has 1 aliphatic heterocycles. The SMILES string of the molecule is CCOc1nc2c(c(OCC(F)(F)F)c(C(=O)NC3CCN(C(=O)CO)CC3)n2C)c(=O)n1CC(=O)c1ccccc1. The zero-order valence-electron chi connectivity index (χ0n) is 22.9. The van der Waals surface area contributed by atoms with Gasteiger partial charge in [-0.1, -0.05) is 30.3 Å². The second-order valence-corrected chi connectivity index (χ2v) is 9.63. The number of aliphatic hydroxyl groups excluding tert-OH is 1. The Kier molecular flexibility index (Phi) is 9.19. The minimum atomic E-state index is -4.79. The number of hydrogen-bond donors (Lipinski definition) is 2. The Morgan fingerprint density at radius 2 is 1.79 bits per heavy atom. The minimum Gasteiger partial charge on any atom is -0.481 e. The summed E-state index contributed by atoms with van der Waals surface area (Å²) in [5, 5.41) is 11.4. The van der Waals surface area contributed by atoms with Crippen molar-refractivity contribution >= 4 is 28.6 Å². The molecule has 42 heavy (non-hydrogen) atoms. The highest BCUT2D eigenvalue weighted by atomic mass is 19.4. The van der Waals surface area contributed by atoms with Gasteiger partial charge in [-0.3, -0.25) is 23.7 Å². The van der Waals surface area contributed by atoms with Crippen LogP contribution in [-0.4, -0.2) is 86.9 Å². The number of rotatable bonds is 10. The first-order chi connectivity index (χ1) is 19.9. The summed E-state index contributed by atoms with van der Waals surface area (Å²) in [6, 6.07) is 7.39. The molecule has 0 radical (unpaired) electrons. The molecule has 2 N–H and O–H groups in total. The summed E-state index contributed by atoms with van der Waals surface area (Å²) in [5.41, 5.74) is -1.17. The fraction of sp³-hybridized carbons (Fsp3) is 0.444. The molecule has 0 saturated carbocycles. The first-order valence-corrected chi connectivity index (χ1v) is 13.2. The number of aliphatic hydroxyl groups is 1. The van der Waals surface area contributed by atoms with Crippen molar-refractivity contribution in [2.24, 2.45) is 7.05 Å². The van der Waals surface area contributed by atoms with E-state index < -0.39 is 66.3 Å². The number of aryl methyl sites for hydroxylation is 1. The number of benzene rings is 1. The van der Waals surface area contributed by atoms with Crippen molar-refractivity contribution in [2.75, 3.05) is 32.9 Å². The standard InChI is InChI=1S/C27H30F3N5O7/c1-3-41-26-32-23-20(25(40)35(26)13-18(37)16-7-5-4-6-8-16)22(42-15-27(28,29)30)21(33(23)2)24(39)31-17-9-11-34(12-10-17)19(38)14-36/h4-8,17,36H,3,9-15H2,1-2H3,(H,31,39). The molecule has 15 heteroatoms. The molecule has 0 spiro atoms. The zero-order valence-corrected chi connectivity index (χ0v) is 22.9. The quantitative estimate of drug-likeness (QED) is 0.338. The molecule has 0 aliphatic carbocycles. The summed E-state index contributed by atoms with van der Waals surface area (Å²) in [6.07, 6.45) is -4.12. The predicted molar refractivity (Wildman–Crippen MR) is 143 cm³/mol. The van der Waals surface area contributed by atoms with E-state index in [4.69, 9.17) is 14.6 Å². The first-order valence-electron chi connectivity index (χ1n) is 13.2. The number of carbonyl (C=O) groups excluding carboxylic acids is 3. The molecule has 226 valence electrons. The third-order valence-electron chi connectivity index (χ3n) is 6.79. The molecule has 12 nitrogen and oxygen atoms in total. The number of aromatic nitrogens is 3. The number of carbonyl (C=O) groups is 3. The van der Waals surface area contributed by atoms with Crippen molar-refractivity contribution in [3.63, 3.8) is 0 Å². The Labute approximate surface area is 237 Å². The molecule has 4 rings (SSSR count). The second-order valence-electron chi connectivity index (χ2n) is 9.63. The van der Waals surface area contributed by atoms with Crippen LogP contribution < -0.4 is 20.3 Å². The number of amides is 2. The largest absolute Gasteiger partial charge is 0.481 e. The van der Waals surface area contributed by atoms with Crippen LogP contribution >= 0.6 is 0 Å². The Morgan fingerprint density at radius 3 is 2.38 bits per heavy atom. The highest BCUT2D eigenvalue weighted by molar-refractivity contribution is 6.03. The van der Waals surface area contributed by atoms with Crippen molar-refractivity contribution in [1.29, 1.82) is 0 Å². The van der Waals surface area contributed by atoms with Crippen molar-refractivity contribution < 1.29 is 42.1 Å². The van der Waals surface area contributed by atoms with Crippen molar-refractivity contribution in [3.8, 4) is 11.8 Å². The molecule has 3 aromatic rings. The molecule has 0 bridgehead atoms. The normalized spacial score (nSPS) is 14.2. The Balaban J connectivity index is 1.77. The van der Waals surface area contributed by atoms with Gasteiger partial charge < -0.3 is 29.4 Å². The van der Waals surface area contributed by atoms with Gasteiger partial charge in [-0.2, -0.15) is 18.2 Å². The van der Waals surface area contributed by atoms with Crippen LogP contribution in [0.3, 0.4) is 0 Å². The van der Waals surface area contributed by atoms with Crippen LogP contribution in [0.25, 0.3) is 11.0 Å². The second kappa shape index (κ2) is 12.6. The van der Waals surface area contributed by atoms with Crippen molar-refractivity contribution in [3.05, 3.63) is 51.9 Å². The summed E-state index contributed by atoms with van der Waals surface area (Å²) in [7, 11) is 1.35. The maximum Gasteiger partial charge on any atom is 0.422 e. The van der Waals surface area contributed by atoms with Gasteiger partial charge in [-0.15, -0.1) is 0 Å². The number of alkyl halides is 3. The molecule has 2 amide bonds. The van der Waals surface area contributed by atoms with Gasteiger partial charge in [-0.25, -0.2) is 0 Å². The van der Waals surface area contributed by atoms with Crippen LogP contribution in [0.15, 0.2) is 35.1 Å². The van der Waals surface area contributed by atoms with Gasteiger partial charge >= 0.3 is 12.2 Å². The van der Waals surface area contributed by atoms with Gasteiger partial charge in [0.15, 0.2) is 29.5 Å². The number of nitrogens with one attached hydrogen (secondary N) is 1. The van der Waals surface area contributed by atoms with Gasteiger partial charge in [0.25, 0.3) is 11.5 Å². The van der Waals surface area contributed by atoms with Gasteiger partial charge in [0, 0.05) is 31.7 Å². The minimum absolute atomic E-state index is 0.0597. The molecule has 1 saturated heterocycles. The van der Waals surface area contributed by atoms with E-state index in [0.717, 1.165) is 9.13 Å². The number of likely N-dealkylation sites (tertiary alicyclic amines) is 1. The van der Waals surface area contributed by atoms with E-state index in [2.05, 4.69) is 10.3 Å². The molecule has 2 aromatic heterocycles. The average Bonchev–Trinajstić information content (AvgIpc) is 3.25. The van der Waals surface area contributed by atoms with Crippen LogP contribution in [0.5, 0.6) is 11.8 Å². The molecule has 1 aromatic carbocycles. The van der Waals surface area contributed by atoms with E-state index in [-0.39, 0.29) is 37.0 Å². The lowest BCUT2D eigenvalue weighted by molar-refractivity contribution is -0.153. The van der Waals surface area contributed by atoms with Crippen molar-refractivity contribution in [1.82, 2.24) is 24.3 Å². The Hall–Kier alpha value is -4.40. The first kappa shape index (κ1) is 30.6. The van der Waals surface area contributed by atoms with E-state index in [1.54, 1.807) is 37.3 Å². The number of hydrogen-bond acceptors (Lipinski definition) is 8. The van der Waals surface area contributed by atoms with Gasteiger partial charge in [-0.05, 0) is 19.8 Å². The third-order valence-corrected chi connectivity index (χ3v) is 6.79. The highest BCUT2D eigenvalue weighted by Gasteiger charge is 2.34. The summed E-state index contributed by atoms with van der Waals surface area (Å²) >= 11 is 0. The molecule has 0 unspecified atom stereocenters. The highest BCUT2D eigenvalue weighted by Crippen LogP contribution is 2.32. The fourth-order valence-corrected chi connectivity index (χ4v) is 4.76. The number of nitrogens with zero attached hydrogens (tertiary/aromatic N) is 4. The maximum absolute atomic E-state index is 13.8. The summed E-state index contributed by atoms with van der Waals surface area (Å²) in [6.45, 7) is -0.749. The van der Waals surface area contributed by atoms with E-state index in [1.165, 1.54) is 11.9 Å². The maximum atomic E-state index is 13.8. The Bertz CT molecular complexity index is 1530. The van der Waals surface area contributed by atoms with Crippen molar-refractivity contribution in [2.45, 2.75) is 38.5 Å².